The summed E-state index contributed by atoms with van der Waals surface area (Å²) in [5.74, 6) is 0. The molecule has 0 aliphatic carbocycles. The van der Waals surface area contributed by atoms with Crippen molar-refractivity contribution in [2.24, 2.45) is 4.99 Å². The van der Waals surface area contributed by atoms with Gasteiger partial charge in [-0.2, -0.15) is 4.99 Å². The second-order valence-electron chi connectivity index (χ2n) is 3.32. The second-order valence-corrected chi connectivity index (χ2v) is 4.31. The van der Waals surface area contributed by atoms with Crippen LogP contribution in [0.3, 0.4) is 0 Å². The van der Waals surface area contributed by atoms with Gasteiger partial charge >= 0.3 is 6.09 Å². The maximum Gasteiger partial charge on any atom is 0.434 e. The van der Waals surface area contributed by atoms with Crippen LogP contribution in [0.1, 0.15) is 27.7 Å². The molecule has 0 unspecified atom stereocenters. The number of amides is 1. The van der Waals surface area contributed by atoms with Crippen molar-refractivity contribution in [2.75, 3.05) is 6.26 Å². The monoisotopic (exact) mass is 189 g/mol. The van der Waals surface area contributed by atoms with Crippen LogP contribution in [0.5, 0.6) is 0 Å². The molecule has 0 aliphatic rings. The van der Waals surface area contributed by atoms with Gasteiger partial charge < -0.3 is 4.74 Å². The molecule has 0 bridgehead atoms. The van der Waals surface area contributed by atoms with E-state index in [9.17, 15) is 4.79 Å². The van der Waals surface area contributed by atoms with E-state index in [4.69, 9.17) is 4.74 Å². The molecule has 12 heavy (non-hydrogen) atoms. The van der Waals surface area contributed by atoms with Crippen LogP contribution in [0, 0.1) is 0 Å². The van der Waals surface area contributed by atoms with Crippen molar-refractivity contribution in [2.45, 2.75) is 33.3 Å². The van der Waals surface area contributed by atoms with Crippen molar-refractivity contribution in [3.63, 3.8) is 0 Å². The number of hydrogen-bond acceptors (Lipinski definition) is 3. The molecule has 0 spiro atoms. The molecule has 0 rings (SSSR count). The number of carbonyl (C=O) groups excluding carboxylic acids is 1. The molecule has 4 heteroatoms. The van der Waals surface area contributed by atoms with E-state index in [2.05, 4.69) is 4.99 Å². The lowest BCUT2D eigenvalue weighted by molar-refractivity contribution is 0.0605. The molecule has 70 valence electrons. The van der Waals surface area contributed by atoms with Gasteiger partial charge in [0.1, 0.15) is 5.60 Å². The van der Waals surface area contributed by atoms with Crippen LogP contribution < -0.4 is 0 Å². The minimum atomic E-state index is -0.519. The predicted octanol–water partition coefficient (Wildman–Crippen LogP) is 2.70. The van der Waals surface area contributed by atoms with E-state index in [1.165, 1.54) is 11.8 Å². The third-order valence-electron chi connectivity index (χ3n) is 0.938. The summed E-state index contributed by atoms with van der Waals surface area (Å²) in [6.07, 6.45) is 1.35. The Labute approximate surface area is 77.6 Å². The summed E-state index contributed by atoms with van der Waals surface area (Å²) in [6.45, 7) is 7.22. The molecule has 3 nitrogen and oxygen atoms in total. The predicted molar refractivity (Wildman–Crippen MR) is 52.9 cm³/mol. The van der Waals surface area contributed by atoms with Crippen molar-refractivity contribution in [3.8, 4) is 0 Å². The quantitative estimate of drug-likeness (QED) is 0.434. The van der Waals surface area contributed by atoms with Crippen molar-refractivity contribution < 1.29 is 9.53 Å². The van der Waals surface area contributed by atoms with Gasteiger partial charge in [-0.25, -0.2) is 4.79 Å². The molecule has 0 radical (unpaired) electrons. The van der Waals surface area contributed by atoms with Gasteiger partial charge in [-0.1, -0.05) is 0 Å². The molecule has 0 aromatic heterocycles. The van der Waals surface area contributed by atoms with E-state index >= 15 is 0 Å². The SMILES string of the molecule is CS/C(C)=N\C(=O)OC(C)(C)C. The summed E-state index contributed by atoms with van der Waals surface area (Å²) >= 11 is 1.43. The molecule has 0 aromatic carbocycles. The first kappa shape index (κ1) is 11.5. The Hall–Kier alpha value is -0.510. The summed E-state index contributed by atoms with van der Waals surface area (Å²) in [4.78, 5) is 14.7. The van der Waals surface area contributed by atoms with Gasteiger partial charge in [0.25, 0.3) is 0 Å². The number of carbonyl (C=O) groups is 1. The minimum Gasteiger partial charge on any atom is -0.442 e. The number of aliphatic imine (C=N–C) groups is 1. The second kappa shape index (κ2) is 4.50. The zero-order valence-corrected chi connectivity index (χ0v) is 8.99. The largest absolute Gasteiger partial charge is 0.442 e. The molecular weight excluding hydrogens is 174 g/mol. The van der Waals surface area contributed by atoms with E-state index < -0.39 is 11.7 Å². The number of ether oxygens (including phenoxy) is 1. The Kier molecular flexibility index (Phi) is 4.31. The van der Waals surface area contributed by atoms with Crippen molar-refractivity contribution in [3.05, 3.63) is 0 Å². The highest BCUT2D eigenvalue weighted by Crippen LogP contribution is 2.09. The first-order valence-corrected chi connectivity index (χ1v) is 4.90. The molecule has 0 aliphatic heterocycles. The first-order chi connectivity index (χ1) is 5.35. The fraction of sp³-hybridized carbons (Fsp3) is 0.750. The third-order valence-corrected chi connectivity index (χ3v) is 1.62. The lowest BCUT2D eigenvalue weighted by atomic mass is 10.2. The van der Waals surface area contributed by atoms with Crippen LogP contribution in [-0.2, 0) is 4.74 Å². The van der Waals surface area contributed by atoms with E-state index in [0.717, 1.165) is 0 Å². The Morgan fingerprint density at radius 1 is 1.42 bits per heavy atom. The molecule has 0 aromatic rings. The molecule has 0 saturated heterocycles. The topological polar surface area (TPSA) is 38.7 Å². The maximum atomic E-state index is 11.0. The summed E-state index contributed by atoms with van der Waals surface area (Å²) in [5, 5.41) is 0.712. The average Bonchev–Trinajstić information content (AvgIpc) is 1.82. The molecule has 0 saturated carbocycles. The fourth-order valence-corrected chi connectivity index (χ4v) is 0.625. The van der Waals surface area contributed by atoms with Crippen LogP contribution >= 0.6 is 11.8 Å². The van der Waals surface area contributed by atoms with Crippen molar-refractivity contribution in [1.82, 2.24) is 0 Å². The van der Waals surface area contributed by atoms with Crippen LogP contribution in [0.4, 0.5) is 4.79 Å². The zero-order chi connectivity index (χ0) is 9.78. The van der Waals surface area contributed by atoms with E-state index in [0.29, 0.717) is 5.04 Å². The van der Waals surface area contributed by atoms with E-state index in [1.807, 2.05) is 27.0 Å². The molecule has 0 N–H and O–H groups in total. The molecule has 0 heterocycles. The maximum absolute atomic E-state index is 11.0. The highest BCUT2D eigenvalue weighted by atomic mass is 32.2. The van der Waals surface area contributed by atoms with Crippen molar-refractivity contribution in [1.29, 1.82) is 0 Å². The van der Waals surface area contributed by atoms with Crippen LogP contribution in [-0.4, -0.2) is 23.0 Å². The van der Waals surface area contributed by atoms with Gasteiger partial charge in [-0.3, -0.25) is 0 Å². The number of thioether (sulfide) groups is 1. The van der Waals surface area contributed by atoms with Gasteiger partial charge in [0.2, 0.25) is 0 Å². The molecule has 1 amide bonds. The van der Waals surface area contributed by atoms with Crippen LogP contribution in [0.25, 0.3) is 0 Å². The Balaban J connectivity index is 4.08. The van der Waals surface area contributed by atoms with Gasteiger partial charge in [-0.15, -0.1) is 11.8 Å². The summed E-state index contributed by atoms with van der Waals surface area (Å²) in [7, 11) is 0. The highest BCUT2D eigenvalue weighted by molar-refractivity contribution is 8.13. The molecule has 0 atom stereocenters. The van der Waals surface area contributed by atoms with Gasteiger partial charge in [0, 0.05) is 0 Å². The van der Waals surface area contributed by atoms with Gasteiger partial charge in [-0.05, 0) is 34.0 Å². The fourth-order valence-electron chi connectivity index (χ4n) is 0.459. The standard InChI is InChI=1S/C8H15NO2S/c1-6(12-5)9-7(10)11-8(2,3)4/h1-5H3/b9-6-. The molecular formula is C8H15NO2S. The van der Waals surface area contributed by atoms with Crippen LogP contribution in [0.2, 0.25) is 0 Å². The number of hydrogen-bond donors (Lipinski definition) is 0. The van der Waals surface area contributed by atoms with Gasteiger partial charge in [0.15, 0.2) is 0 Å². The average molecular weight is 189 g/mol. The number of nitrogens with zero attached hydrogens (tertiary/aromatic N) is 1. The smallest absolute Gasteiger partial charge is 0.434 e. The number of rotatable bonds is 0. The summed E-state index contributed by atoms with van der Waals surface area (Å²) < 4.78 is 4.97. The lowest BCUT2D eigenvalue weighted by Crippen LogP contribution is -2.22. The normalized spacial score (nSPS) is 12.9. The van der Waals surface area contributed by atoms with Crippen molar-refractivity contribution >= 4 is 22.9 Å². The summed E-state index contributed by atoms with van der Waals surface area (Å²) in [5.41, 5.74) is -0.459. The molecule has 0 fully saturated rings. The van der Waals surface area contributed by atoms with Gasteiger partial charge in [0.05, 0.1) is 5.04 Å². The van der Waals surface area contributed by atoms with E-state index in [1.54, 1.807) is 6.92 Å². The summed E-state index contributed by atoms with van der Waals surface area (Å²) in [6, 6.07) is 0. The minimum absolute atomic E-state index is 0.459. The van der Waals surface area contributed by atoms with E-state index in [-0.39, 0.29) is 0 Å². The zero-order valence-electron chi connectivity index (χ0n) is 8.17. The lowest BCUT2D eigenvalue weighted by Gasteiger charge is -2.17. The van der Waals surface area contributed by atoms with Crippen LogP contribution in [0.15, 0.2) is 4.99 Å². The Morgan fingerprint density at radius 2 is 1.92 bits per heavy atom. The third kappa shape index (κ3) is 6.22. The Bertz CT molecular complexity index is 194. The highest BCUT2D eigenvalue weighted by Gasteiger charge is 2.15. The first-order valence-electron chi connectivity index (χ1n) is 3.67. The Morgan fingerprint density at radius 3 is 2.25 bits per heavy atom.